The fourth-order valence-electron chi connectivity index (χ4n) is 3.06. The summed E-state index contributed by atoms with van der Waals surface area (Å²) in [6, 6.07) is 16.5. The molecule has 1 amide bonds. The molecule has 0 saturated carbocycles. The molecule has 2 heterocycles. The van der Waals surface area contributed by atoms with Crippen LogP contribution in [0.25, 0.3) is 10.9 Å². The van der Waals surface area contributed by atoms with E-state index in [2.05, 4.69) is 25.6 Å². The van der Waals surface area contributed by atoms with Gasteiger partial charge < -0.3 is 21.1 Å². The van der Waals surface area contributed by atoms with Gasteiger partial charge in [0.2, 0.25) is 5.91 Å². The van der Waals surface area contributed by atoms with Gasteiger partial charge in [0.25, 0.3) is 0 Å². The van der Waals surface area contributed by atoms with E-state index in [0.29, 0.717) is 28.9 Å². The Hall–Kier alpha value is -3.75. The van der Waals surface area contributed by atoms with E-state index < -0.39 is 0 Å². The van der Waals surface area contributed by atoms with Crippen LogP contribution in [-0.4, -0.2) is 27.4 Å². The normalized spacial score (nSPS) is 10.7. The zero-order chi connectivity index (χ0) is 22.3. The minimum absolute atomic E-state index is 0.147. The maximum atomic E-state index is 11.9. The number of rotatable bonds is 8. The number of nitrogens with one attached hydrogen (secondary N) is 2. The number of carbonyl (C=O) groups is 1. The number of pyridine rings is 1. The van der Waals surface area contributed by atoms with Gasteiger partial charge in [-0.3, -0.25) is 9.78 Å². The minimum Gasteiger partial charge on any atom is -0.486 e. The van der Waals surface area contributed by atoms with Gasteiger partial charge in [-0.15, -0.1) is 0 Å². The van der Waals surface area contributed by atoms with Crippen LogP contribution in [0.1, 0.15) is 12.1 Å². The van der Waals surface area contributed by atoms with Crippen molar-refractivity contribution in [3.63, 3.8) is 0 Å². The van der Waals surface area contributed by atoms with Gasteiger partial charge in [-0.2, -0.15) is 0 Å². The second-order valence-electron chi connectivity index (χ2n) is 6.92. The Bertz CT molecular complexity index is 1240. The molecule has 9 heteroatoms. The highest BCUT2D eigenvalue weighted by Crippen LogP contribution is 2.31. The summed E-state index contributed by atoms with van der Waals surface area (Å²) in [6.45, 7) is 0.611. The van der Waals surface area contributed by atoms with Crippen LogP contribution < -0.4 is 21.1 Å². The number of nitrogens with zero attached hydrogens (tertiary/aromatic N) is 3. The van der Waals surface area contributed by atoms with Crippen LogP contribution in [0.3, 0.4) is 0 Å². The SMILES string of the molecule is NCCC(=O)Nc1ccc2ncnc(Nc3ccc(OCc4ccccn4)c(Cl)c3)c2c1. The van der Waals surface area contributed by atoms with Crippen molar-refractivity contribution in [1.82, 2.24) is 15.0 Å². The number of hydrogen-bond acceptors (Lipinski definition) is 7. The standard InChI is InChI=1S/C23H21ClN6O2/c24-19-12-16(5-7-21(19)32-13-17-3-1-2-10-26-17)30-23-18-11-15(29-22(31)8-9-25)4-6-20(18)27-14-28-23/h1-7,10-12,14H,8-9,13,25H2,(H,29,31)(H,27,28,30). The number of carbonyl (C=O) groups excluding carboxylic acids is 1. The van der Waals surface area contributed by atoms with Gasteiger partial charge in [0.15, 0.2) is 0 Å². The van der Waals surface area contributed by atoms with Crippen molar-refractivity contribution in [2.75, 3.05) is 17.2 Å². The second kappa shape index (κ2) is 10.0. The van der Waals surface area contributed by atoms with E-state index in [0.717, 1.165) is 22.3 Å². The molecule has 162 valence electrons. The Balaban J connectivity index is 1.52. The fraction of sp³-hybridized carbons (Fsp3) is 0.130. The van der Waals surface area contributed by atoms with E-state index in [4.69, 9.17) is 22.1 Å². The monoisotopic (exact) mass is 448 g/mol. The third-order valence-corrected chi connectivity index (χ3v) is 4.88. The highest BCUT2D eigenvalue weighted by atomic mass is 35.5. The molecule has 2 aromatic carbocycles. The number of nitrogens with two attached hydrogens (primary N) is 1. The van der Waals surface area contributed by atoms with Crippen molar-refractivity contribution in [3.8, 4) is 5.75 Å². The molecule has 0 bridgehead atoms. The predicted octanol–water partition coefficient (Wildman–Crippen LogP) is 4.29. The van der Waals surface area contributed by atoms with Crippen molar-refractivity contribution >= 4 is 45.6 Å². The van der Waals surface area contributed by atoms with Crippen molar-refractivity contribution in [3.05, 3.63) is 77.8 Å². The highest BCUT2D eigenvalue weighted by molar-refractivity contribution is 6.32. The number of benzene rings is 2. The number of halogens is 1. The summed E-state index contributed by atoms with van der Waals surface area (Å²) in [7, 11) is 0. The first kappa shape index (κ1) is 21.5. The lowest BCUT2D eigenvalue weighted by Crippen LogP contribution is -2.16. The molecule has 4 aromatic rings. The van der Waals surface area contributed by atoms with Crippen LogP contribution in [0.2, 0.25) is 5.02 Å². The number of anilines is 3. The lowest BCUT2D eigenvalue weighted by molar-refractivity contribution is -0.116. The Kier molecular flexibility index (Phi) is 6.74. The molecule has 8 nitrogen and oxygen atoms in total. The second-order valence-corrected chi connectivity index (χ2v) is 7.33. The smallest absolute Gasteiger partial charge is 0.225 e. The highest BCUT2D eigenvalue weighted by Gasteiger charge is 2.09. The maximum Gasteiger partial charge on any atom is 0.225 e. The van der Waals surface area contributed by atoms with E-state index in [1.165, 1.54) is 6.33 Å². The van der Waals surface area contributed by atoms with Crippen LogP contribution in [0.5, 0.6) is 5.75 Å². The Labute approximate surface area is 189 Å². The molecule has 0 saturated heterocycles. The first-order valence-corrected chi connectivity index (χ1v) is 10.3. The minimum atomic E-state index is -0.147. The summed E-state index contributed by atoms with van der Waals surface area (Å²) in [5.41, 5.74) is 8.37. The quantitative estimate of drug-likeness (QED) is 0.368. The fourth-order valence-corrected chi connectivity index (χ4v) is 3.29. The summed E-state index contributed by atoms with van der Waals surface area (Å²) in [5, 5.41) is 7.30. The number of fused-ring (bicyclic) bond motifs is 1. The largest absolute Gasteiger partial charge is 0.486 e. The number of aromatic nitrogens is 3. The molecule has 0 spiro atoms. The van der Waals surface area contributed by atoms with Crippen molar-refractivity contribution in [2.45, 2.75) is 13.0 Å². The predicted molar refractivity (Wildman–Crippen MR) is 125 cm³/mol. The molecule has 0 aliphatic rings. The van der Waals surface area contributed by atoms with Crippen LogP contribution in [0.15, 0.2) is 67.1 Å². The summed E-state index contributed by atoms with van der Waals surface area (Å²) in [5.74, 6) is 0.995. The van der Waals surface area contributed by atoms with E-state index in [1.54, 1.807) is 24.4 Å². The topological polar surface area (TPSA) is 115 Å². The zero-order valence-corrected chi connectivity index (χ0v) is 17.8. The first-order valence-electron chi connectivity index (χ1n) is 9.96. The average molecular weight is 449 g/mol. The van der Waals surface area contributed by atoms with Gasteiger partial charge >= 0.3 is 0 Å². The van der Waals surface area contributed by atoms with Crippen LogP contribution in [-0.2, 0) is 11.4 Å². The van der Waals surface area contributed by atoms with Crippen LogP contribution in [0, 0.1) is 0 Å². The lowest BCUT2D eigenvalue weighted by atomic mass is 10.2. The zero-order valence-electron chi connectivity index (χ0n) is 17.1. The molecule has 0 aliphatic heterocycles. The molecule has 0 atom stereocenters. The van der Waals surface area contributed by atoms with E-state index in [1.807, 2.05) is 36.4 Å². The molecule has 0 aliphatic carbocycles. The molecule has 0 fully saturated rings. The van der Waals surface area contributed by atoms with Gasteiger partial charge in [0.05, 0.1) is 16.2 Å². The van der Waals surface area contributed by atoms with Crippen LogP contribution in [0.4, 0.5) is 17.2 Å². The van der Waals surface area contributed by atoms with E-state index in [9.17, 15) is 4.79 Å². The van der Waals surface area contributed by atoms with Gasteiger partial charge in [0, 0.05) is 35.9 Å². The third kappa shape index (κ3) is 5.29. The van der Waals surface area contributed by atoms with Gasteiger partial charge in [-0.1, -0.05) is 17.7 Å². The summed E-state index contributed by atoms with van der Waals surface area (Å²) >= 11 is 6.42. The summed E-state index contributed by atoms with van der Waals surface area (Å²) < 4.78 is 5.77. The van der Waals surface area contributed by atoms with Gasteiger partial charge in [0.1, 0.15) is 24.5 Å². The molecule has 4 N–H and O–H groups in total. The molecule has 4 rings (SSSR count). The number of amides is 1. The number of hydrogen-bond donors (Lipinski definition) is 3. The molecule has 2 aromatic heterocycles. The summed E-state index contributed by atoms with van der Waals surface area (Å²) in [4.78, 5) is 24.7. The van der Waals surface area contributed by atoms with Crippen molar-refractivity contribution in [2.24, 2.45) is 5.73 Å². The van der Waals surface area contributed by atoms with Gasteiger partial charge in [-0.05, 0) is 48.5 Å². The van der Waals surface area contributed by atoms with E-state index >= 15 is 0 Å². The molecular weight excluding hydrogens is 428 g/mol. The van der Waals surface area contributed by atoms with E-state index in [-0.39, 0.29) is 18.9 Å². The summed E-state index contributed by atoms with van der Waals surface area (Å²) in [6.07, 6.45) is 3.44. The Morgan fingerprint density at radius 3 is 2.69 bits per heavy atom. The van der Waals surface area contributed by atoms with Crippen molar-refractivity contribution in [1.29, 1.82) is 0 Å². The van der Waals surface area contributed by atoms with Gasteiger partial charge in [-0.25, -0.2) is 9.97 Å². The number of ether oxygens (including phenoxy) is 1. The maximum absolute atomic E-state index is 11.9. The lowest BCUT2D eigenvalue weighted by Gasteiger charge is -2.12. The Morgan fingerprint density at radius 1 is 1.03 bits per heavy atom. The first-order chi connectivity index (χ1) is 15.6. The van der Waals surface area contributed by atoms with Crippen LogP contribution >= 0.6 is 11.6 Å². The molecule has 0 unspecified atom stereocenters. The third-order valence-electron chi connectivity index (χ3n) is 4.59. The average Bonchev–Trinajstić information content (AvgIpc) is 2.80. The molecule has 0 radical (unpaired) electrons. The molecule has 32 heavy (non-hydrogen) atoms. The van der Waals surface area contributed by atoms with Crippen molar-refractivity contribution < 1.29 is 9.53 Å². The molecular formula is C23H21ClN6O2. The Morgan fingerprint density at radius 2 is 1.91 bits per heavy atom.